The summed E-state index contributed by atoms with van der Waals surface area (Å²) in [6.45, 7) is 0.456. The normalized spacial score (nSPS) is 11.6. The smallest absolute Gasteiger partial charge is 0.232 e. The van der Waals surface area contributed by atoms with Crippen LogP contribution in [0.15, 0.2) is 12.1 Å². The third-order valence-corrected chi connectivity index (χ3v) is 4.29. The molecule has 4 nitrogen and oxygen atoms in total. The van der Waals surface area contributed by atoms with E-state index in [0.717, 1.165) is 0 Å². The summed E-state index contributed by atoms with van der Waals surface area (Å²) in [6, 6.07) is 2.85. The zero-order valence-corrected chi connectivity index (χ0v) is 12.5. The molecule has 0 radical (unpaired) electrons. The van der Waals surface area contributed by atoms with Crippen molar-refractivity contribution in [1.29, 1.82) is 0 Å². The van der Waals surface area contributed by atoms with Crippen LogP contribution >= 0.6 is 34.8 Å². The van der Waals surface area contributed by atoms with E-state index in [1.165, 1.54) is 12.1 Å². The minimum atomic E-state index is -3.48. The second kappa shape index (κ2) is 6.82. The van der Waals surface area contributed by atoms with E-state index in [9.17, 15) is 8.42 Å². The second-order valence-corrected chi connectivity index (χ2v) is 6.75. The van der Waals surface area contributed by atoms with E-state index in [1.807, 2.05) is 0 Å². The quantitative estimate of drug-likeness (QED) is 0.787. The fraction of sp³-hybridized carbons (Fsp3) is 0.400. The van der Waals surface area contributed by atoms with Crippen molar-refractivity contribution in [2.75, 3.05) is 17.0 Å². The lowest BCUT2D eigenvalue weighted by atomic mass is 10.3. The molecule has 0 saturated carbocycles. The van der Waals surface area contributed by atoms with Gasteiger partial charge in [0, 0.05) is 5.02 Å². The van der Waals surface area contributed by atoms with Crippen LogP contribution in [0.2, 0.25) is 15.1 Å². The molecule has 0 saturated heterocycles. The van der Waals surface area contributed by atoms with Crippen LogP contribution in [0.4, 0.5) is 5.69 Å². The van der Waals surface area contributed by atoms with Gasteiger partial charge in [0.25, 0.3) is 0 Å². The Labute approximate surface area is 121 Å². The van der Waals surface area contributed by atoms with Crippen LogP contribution < -0.4 is 10.5 Å². The van der Waals surface area contributed by atoms with Gasteiger partial charge < -0.3 is 5.73 Å². The Bertz CT molecular complexity index is 497. The molecule has 0 aliphatic carbocycles. The summed E-state index contributed by atoms with van der Waals surface area (Å²) in [6.07, 6.45) is 1.12. The molecule has 0 amide bonds. The van der Waals surface area contributed by atoms with Crippen molar-refractivity contribution < 1.29 is 8.42 Å². The molecule has 0 atom stereocenters. The molecule has 1 rings (SSSR count). The van der Waals surface area contributed by atoms with E-state index in [4.69, 9.17) is 40.5 Å². The Balaban J connectivity index is 2.84. The third kappa shape index (κ3) is 4.82. The summed E-state index contributed by atoms with van der Waals surface area (Å²) in [5.74, 6) is -0.0283. The molecule has 0 bridgehead atoms. The molecule has 1 aromatic carbocycles. The number of unbranched alkanes of at least 4 members (excludes halogenated alkanes) is 1. The minimum Gasteiger partial charge on any atom is -0.330 e. The van der Waals surface area contributed by atoms with Crippen LogP contribution in [0.25, 0.3) is 0 Å². The highest BCUT2D eigenvalue weighted by Crippen LogP contribution is 2.34. The fourth-order valence-corrected chi connectivity index (χ4v) is 3.52. The second-order valence-electron chi connectivity index (χ2n) is 3.66. The molecule has 0 unspecified atom stereocenters. The van der Waals surface area contributed by atoms with Crippen molar-refractivity contribution in [2.45, 2.75) is 12.8 Å². The van der Waals surface area contributed by atoms with Gasteiger partial charge >= 0.3 is 0 Å². The lowest BCUT2D eigenvalue weighted by Crippen LogP contribution is -2.18. The van der Waals surface area contributed by atoms with Gasteiger partial charge in [-0.3, -0.25) is 4.72 Å². The molecule has 0 aliphatic rings. The zero-order chi connectivity index (χ0) is 13.8. The number of halogens is 3. The van der Waals surface area contributed by atoms with E-state index < -0.39 is 10.0 Å². The molecule has 0 spiro atoms. The molecule has 0 fully saturated rings. The van der Waals surface area contributed by atoms with E-state index in [2.05, 4.69) is 4.72 Å². The molecule has 1 aromatic rings. The van der Waals surface area contributed by atoms with Gasteiger partial charge in [0.05, 0.1) is 21.5 Å². The van der Waals surface area contributed by atoms with Crippen molar-refractivity contribution in [2.24, 2.45) is 5.73 Å². The Morgan fingerprint density at radius 1 is 1.11 bits per heavy atom. The molecule has 0 aliphatic heterocycles. The first-order valence-corrected chi connectivity index (χ1v) is 7.99. The van der Waals surface area contributed by atoms with Crippen molar-refractivity contribution in [3.63, 3.8) is 0 Å². The minimum absolute atomic E-state index is 0.0283. The molecule has 0 aromatic heterocycles. The SMILES string of the molecule is NCCCCS(=O)(=O)Nc1c(Cl)cc(Cl)cc1Cl. The van der Waals surface area contributed by atoms with E-state index in [-0.39, 0.29) is 21.5 Å². The maximum absolute atomic E-state index is 11.8. The standard InChI is InChI=1S/C10H13Cl3N2O2S/c11-7-5-8(12)10(9(13)6-7)15-18(16,17)4-2-1-3-14/h5-6,15H,1-4,14H2. The van der Waals surface area contributed by atoms with Gasteiger partial charge in [-0.1, -0.05) is 34.8 Å². The summed E-state index contributed by atoms with van der Waals surface area (Å²) in [4.78, 5) is 0. The van der Waals surface area contributed by atoms with Crippen molar-refractivity contribution >= 4 is 50.5 Å². The fourth-order valence-electron chi connectivity index (χ4n) is 1.28. The van der Waals surface area contributed by atoms with Gasteiger partial charge in [-0.05, 0) is 31.5 Å². The predicted octanol–water partition coefficient (Wildman–Crippen LogP) is 3.13. The van der Waals surface area contributed by atoms with Crippen molar-refractivity contribution in [3.05, 3.63) is 27.2 Å². The Hall–Kier alpha value is -0.200. The Morgan fingerprint density at radius 2 is 1.67 bits per heavy atom. The lowest BCUT2D eigenvalue weighted by Gasteiger charge is -2.11. The Kier molecular flexibility index (Phi) is 6.01. The number of benzene rings is 1. The number of anilines is 1. The molecular weight excluding hydrogens is 319 g/mol. The lowest BCUT2D eigenvalue weighted by molar-refractivity contribution is 0.597. The first-order valence-electron chi connectivity index (χ1n) is 5.21. The van der Waals surface area contributed by atoms with Crippen LogP contribution in [0, 0.1) is 0 Å². The Morgan fingerprint density at radius 3 is 2.17 bits per heavy atom. The maximum Gasteiger partial charge on any atom is 0.232 e. The summed E-state index contributed by atoms with van der Waals surface area (Å²) in [5.41, 5.74) is 5.45. The summed E-state index contributed by atoms with van der Waals surface area (Å²) in [7, 11) is -3.48. The zero-order valence-electron chi connectivity index (χ0n) is 9.42. The van der Waals surface area contributed by atoms with Crippen LogP contribution in [0.3, 0.4) is 0 Å². The van der Waals surface area contributed by atoms with Crippen molar-refractivity contribution in [1.82, 2.24) is 0 Å². The van der Waals surface area contributed by atoms with Crippen molar-refractivity contribution in [3.8, 4) is 0 Å². The van der Waals surface area contributed by atoms with Gasteiger partial charge in [0.15, 0.2) is 0 Å². The number of hydrogen-bond donors (Lipinski definition) is 2. The average Bonchev–Trinajstić information content (AvgIpc) is 2.23. The summed E-state index contributed by atoms with van der Waals surface area (Å²) >= 11 is 17.5. The van der Waals surface area contributed by atoms with Crippen LogP contribution in [-0.2, 0) is 10.0 Å². The first-order chi connectivity index (χ1) is 8.35. The highest BCUT2D eigenvalue weighted by atomic mass is 35.5. The molecule has 102 valence electrons. The summed E-state index contributed by atoms with van der Waals surface area (Å²) < 4.78 is 25.9. The van der Waals surface area contributed by atoms with E-state index in [0.29, 0.717) is 24.4 Å². The summed E-state index contributed by atoms with van der Waals surface area (Å²) in [5, 5.41) is 0.667. The number of hydrogen-bond acceptors (Lipinski definition) is 3. The molecule has 0 heterocycles. The highest BCUT2D eigenvalue weighted by molar-refractivity contribution is 7.92. The highest BCUT2D eigenvalue weighted by Gasteiger charge is 2.15. The largest absolute Gasteiger partial charge is 0.330 e. The van der Waals surface area contributed by atoms with Gasteiger partial charge in [0.1, 0.15) is 0 Å². The van der Waals surface area contributed by atoms with Gasteiger partial charge in [-0.15, -0.1) is 0 Å². The van der Waals surface area contributed by atoms with Crippen LogP contribution in [0.1, 0.15) is 12.8 Å². The van der Waals surface area contributed by atoms with Gasteiger partial charge in [0.2, 0.25) is 10.0 Å². The topological polar surface area (TPSA) is 72.2 Å². The van der Waals surface area contributed by atoms with E-state index >= 15 is 0 Å². The maximum atomic E-state index is 11.8. The van der Waals surface area contributed by atoms with E-state index in [1.54, 1.807) is 0 Å². The third-order valence-electron chi connectivity index (χ3n) is 2.13. The number of nitrogens with one attached hydrogen (secondary N) is 1. The first kappa shape index (κ1) is 15.9. The van der Waals surface area contributed by atoms with Crippen LogP contribution in [-0.4, -0.2) is 20.7 Å². The predicted molar refractivity (Wildman–Crippen MR) is 77.2 cm³/mol. The van der Waals surface area contributed by atoms with Gasteiger partial charge in [-0.25, -0.2) is 8.42 Å². The number of sulfonamides is 1. The monoisotopic (exact) mass is 330 g/mol. The molecule has 3 N–H and O–H groups in total. The van der Waals surface area contributed by atoms with Crippen LogP contribution in [0.5, 0.6) is 0 Å². The molecule has 8 heteroatoms. The molecular formula is C10H13Cl3N2O2S. The average molecular weight is 332 g/mol. The number of nitrogens with two attached hydrogens (primary N) is 1. The molecule has 18 heavy (non-hydrogen) atoms. The number of rotatable bonds is 6. The van der Waals surface area contributed by atoms with Gasteiger partial charge in [-0.2, -0.15) is 0 Å².